The maximum Gasteiger partial charge on any atom is 0.280 e. The number of ether oxygens (including phenoxy) is 1. The van der Waals surface area contributed by atoms with Crippen molar-refractivity contribution in [3.8, 4) is 22.7 Å². The predicted molar refractivity (Wildman–Crippen MR) is 136 cm³/mol. The summed E-state index contributed by atoms with van der Waals surface area (Å²) in [4.78, 5) is 12.9. The van der Waals surface area contributed by atoms with E-state index in [-0.39, 0.29) is 5.91 Å². The number of rotatable bonds is 9. The van der Waals surface area contributed by atoms with Crippen LogP contribution in [-0.2, 0) is 0 Å². The standard InChI is InChI=1S/C28H27N5O2/c1-2-3-4-7-20-35-24-16-12-21(13-17-24)25-18-19-32(30-25)23-14-10-22(11-15-23)28(34)33-27-9-6-5-8-26(27)29-31-33/h5-6,8-19H,2-4,7,20H2,1H3. The molecule has 0 saturated carbocycles. The van der Waals surface area contributed by atoms with Crippen LogP contribution in [0.15, 0.2) is 85.1 Å². The number of nitrogens with zero attached hydrogens (tertiary/aromatic N) is 5. The van der Waals surface area contributed by atoms with Crippen LogP contribution in [0.1, 0.15) is 43.0 Å². The number of hydrogen-bond donors (Lipinski definition) is 0. The molecule has 0 aliphatic rings. The van der Waals surface area contributed by atoms with Gasteiger partial charge in [0.2, 0.25) is 0 Å². The summed E-state index contributed by atoms with van der Waals surface area (Å²) in [5.41, 5.74) is 4.66. The number of carbonyl (C=O) groups excluding carboxylic acids is 1. The molecule has 2 aromatic heterocycles. The van der Waals surface area contributed by atoms with E-state index in [0.717, 1.165) is 35.7 Å². The molecule has 0 amide bonds. The summed E-state index contributed by atoms with van der Waals surface area (Å²) in [7, 11) is 0. The molecule has 0 N–H and O–H groups in total. The number of aromatic nitrogens is 5. The van der Waals surface area contributed by atoms with Gasteiger partial charge >= 0.3 is 0 Å². The number of hydrogen-bond acceptors (Lipinski definition) is 5. The van der Waals surface area contributed by atoms with E-state index in [1.54, 1.807) is 16.8 Å². The van der Waals surface area contributed by atoms with Gasteiger partial charge in [0.25, 0.3) is 5.91 Å². The van der Waals surface area contributed by atoms with Crippen LogP contribution in [0.2, 0.25) is 0 Å². The van der Waals surface area contributed by atoms with Gasteiger partial charge in [-0.3, -0.25) is 4.79 Å². The molecule has 0 bridgehead atoms. The van der Waals surface area contributed by atoms with Crippen molar-refractivity contribution in [3.05, 3.63) is 90.6 Å². The van der Waals surface area contributed by atoms with Crippen molar-refractivity contribution in [2.24, 2.45) is 0 Å². The molecule has 3 aromatic carbocycles. The Morgan fingerprint density at radius 3 is 2.49 bits per heavy atom. The smallest absolute Gasteiger partial charge is 0.280 e. The molecule has 0 aliphatic heterocycles. The van der Waals surface area contributed by atoms with Crippen LogP contribution >= 0.6 is 0 Å². The fourth-order valence-corrected chi connectivity index (χ4v) is 3.96. The summed E-state index contributed by atoms with van der Waals surface area (Å²) < 4.78 is 8.96. The number of benzene rings is 3. The highest BCUT2D eigenvalue weighted by molar-refractivity contribution is 6.00. The monoisotopic (exact) mass is 465 g/mol. The van der Waals surface area contributed by atoms with Gasteiger partial charge in [-0.15, -0.1) is 5.10 Å². The zero-order valence-electron chi connectivity index (χ0n) is 19.7. The second-order valence-corrected chi connectivity index (χ2v) is 8.42. The van der Waals surface area contributed by atoms with E-state index in [4.69, 9.17) is 9.84 Å². The van der Waals surface area contributed by atoms with E-state index in [1.165, 1.54) is 23.9 Å². The summed E-state index contributed by atoms with van der Waals surface area (Å²) >= 11 is 0. The van der Waals surface area contributed by atoms with Gasteiger partial charge in [-0.2, -0.15) is 9.78 Å². The zero-order valence-corrected chi connectivity index (χ0v) is 19.7. The van der Waals surface area contributed by atoms with Gasteiger partial charge in [0.1, 0.15) is 11.3 Å². The average Bonchev–Trinajstić information content (AvgIpc) is 3.57. The van der Waals surface area contributed by atoms with Crippen molar-refractivity contribution in [2.45, 2.75) is 32.6 Å². The normalized spacial score (nSPS) is 11.1. The third kappa shape index (κ3) is 4.99. The van der Waals surface area contributed by atoms with Gasteiger partial charge in [-0.1, -0.05) is 43.5 Å². The van der Waals surface area contributed by atoms with Crippen LogP contribution in [0.5, 0.6) is 5.75 Å². The molecule has 0 unspecified atom stereocenters. The van der Waals surface area contributed by atoms with Gasteiger partial charge in [0.05, 0.1) is 23.5 Å². The first-order valence-corrected chi connectivity index (χ1v) is 12.0. The first-order chi connectivity index (χ1) is 17.2. The fraction of sp³-hybridized carbons (Fsp3) is 0.214. The van der Waals surface area contributed by atoms with E-state index < -0.39 is 0 Å². The Balaban J connectivity index is 1.25. The second kappa shape index (κ2) is 10.3. The van der Waals surface area contributed by atoms with Gasteiger partial charge in [0, 0.05) is 17.3 Å². The lowest BCUT2D eigenvalue weighted by Gasteiger charge is -2.06. The Kier molecular flexibility index (Phi) is 6.66. The van der Waals surface area contributed by atoms with E-state index in [9.17, 15) is 4.79 Å². The van der Waals surface area contributed by atoms with E-state index in [2.05, 4.69) is 17.2 Å². The minimum Gasteiger partial charge on any atom is -0.494 e. The third-order valence-electron chi connectivity index (χ3n) is 5.93. The number of fused-ring (bicyclic) bond motifs is 1. The molecule has 0 radical (unpaired) electrons. The maximum atomic E-state index is 12.9. The minimum absolute atomic E-state index is 0.223. The fourth-order valence-electron chi connectivity index (χ4n) is 3.96. The van der Waals surface area contributed by atoms with E-state index >= 15 is 0 Å². The van der Waals surface area contributed by atoms with Crippen LogP contribution in [0.25, 0.3) is 28.0 Å². The van der Waals surface area contributed by atoms with Gasteiger partial charge in [0.15, 0.2) is 0 Å². The molecule has 2 heterocycles. The topological polar surface area (TPSA) is 74.8 Å². The van der Waals surface area contributed by atoms with Gasteiger partial charge in [-0.25, -0.2) is 4.68 Å². The molecular weight excluding hydrogens is 438 g/mol. The summed E-state index contributed by atoms with van der Waals surface area (Å²) in [5.74, 6) is 0.657. The number of carbonyl (C=O) groups is 1. The van der Waals surface area contributed by atoms with Crippen LogP contribution in [0, 0.1) is 0 Å². The van der Waals surface area contributed by atoms with Gasteiger partial charge in [-0.05, 0) is 73.2 Å². The maximum absolute atomic E-state index is 12.9. The van der Waals surface area contributed by atoms with E-state index in [1.807, 2.05) is 72.9 Å². The Morgan fingerprint density at radius 1 is 0.886 bits per heavy atom. The van der Waals surface area contributed by atoms with Crippen molar-refractivity contribution < 1.29 is 9.53 Å². The van der Waals surface area contributed by atoms with Crippen molar-refractivity contribution in [3.63, 3.8) is 0 Å². The molecule has 0 aliphatic carbocycles. The Bertz CT molecular complexity index is 1420. The summed E-state index contributed by atoms with van der Waals surface area (Å²) in [6.45, 7) is 2.96. The summed E-state index contributed by atoms with van der Waals surface area (Å²) in [6, 6.07) is 24.7. The molecule has 0 atom stereocenters. The van der Waals surface area contributed by atoms with Crippen molar-refractivity contribution in [1.29, 1.82) is 0 Å². The Hall–Kier alpha value is -4.26. The van der Waals surface area contributed by atoms with Gasteiger partial charge < -0.3 is 4.74 Å². The molecule has 0 spiro atoms. The molecular formula is C28H27N5O2. The summed E-state index contributed by atoms with van der Waals surface area (Å²) in [5, 5.41) is 12.8. The zero-order chi connectivity index (χ0) is 24.0. The second-order valence-electron chi connectivity index (χ2n) is 8.42. The molecule has 5 rings (SSSR count). The lowest BCUT2D eigenvalue weighted by Crippen LogP contribution is -2.13. The highest BCUT2D eigenvalue weighted by Crippen LogP contribution is 2.22. The quantitative estimate of drug-likeness (QED) is 0.252. The minimum atomic E-state index is -0.223. The first kappa shape index (κ1) is 22.5. The van der Waals surface area contributed by atoms with Crippen LogP contribution < -0.4 is 4.74 Å². The van der Waals surface area contributed by atoms with E-state index in [0.29, 0.717) is 16.6 Å². The van der Waals surface area contributed by atoms with Crippen LogP contribution in [-0.4, -0.2) is 37.3 Å². The molecule has 176 valence electrons. The lowest BCUT2D eigenvalue weighted by atomic mass is 10.1. The SMILES string of the molecule is CCCCCCOc1ccc(-c2ccn(-c3ccc(C(=O)n4nnc5ccccc54)cc3)n2)cc1. The van der Waals surface area contributed by atoms with Crippen molar-refractivity contribution in [2.75, 3.05) is 6.61 Å². The Labute approximate surface area is 204 Å². The molecule has 7 nitrogen and oxygen atoms in total. The highest BCUT2D eigenvalue weighted by Gasteiger charge is 2.14. The van der Waals surface area contributed by atoms with Crippen LogP contribution in [0.4, 0.5) is 0 Å². The molecule has 0 saturated heterocycles. The first-order valence-electron chi connectivity index (χ1n) is 12.0. The molecule has 35 heavy (non-hydrogen) atoms. The lowest BCUT2D eigenvalue weighted by molar-refractivity contribution is 0.0948. The highest BCUT2D eigenvalue weighted by atomic mass is 16.5. The van der Waals surface area contributed by atoms with Crippen LogP contribution in [0.3, 0.4) is 0 Å². The molecule has 5 aromatic rings. The van der Waals surface area contributed by atoms with Crippen molar-refractivity contribution >= 4 is 16.9 Å². The largest absolute Gasteiger partial charge is 0.494 e. The third-order valence-corrected chi connectivity index (χ3v) is 5.93. The molecule has 7 heteroatoms. The summed E-state index contributed by atoms with van der Waals surface area (Å²) in [6.07, 6.45) is 6.68. The number of para-hydroxylation sites is 1. The average molecular weight is 466 g/mol. The predicted octanol–water partition coefficient (Wildman–Crippen LogP) is 5.93. The number of unbranched alkanes of at least 4 members (excludes halogenated alkanes) is 3. The Morgan fingerprint density at radius 2 is 1.69 bits per heavy atom. The molecule has 0 fully saturated rings. The van der Waals surface area contributed by atoms with Crippen molar-refractivity contribution in [1.82, 2.24) is 24.8 Å².